The Morgan fingerprint density at radius 2 is 2.00 bits per heavy atom. The monoisotopic (exact) mass is 225 g/mol. The molecule has 0 saturated heterocycles. The minimum Gasteiger partial charge on any atom is -0.488 e. The normalized spacial score (nSPS) is 16.5. The smallest absolute Gasteiger partial charge is 0.145 e. The summed E-state index contributed by atoms with van der Waals surface area (Å²) in [6, 6.07) is 0. The van der Waals surface area contributed by atoms with Crippen LogP contribution in [0.5, 0.6) is 5.75 Å². The first-order valence-corrected chi connectivity index (χ1v) is 5.67. The first-order chi connectivity index (χ1) is 6.98. The third kappa shape index (κ3) is 2.43. The van der Waals surface area contributed by atoms with Gasteiger partial charge in [0, 0.05) is 18.0 Å². The maximum Gasteiger partial charge on any atom is 0.145 e. The molecule has 1 aliphatic rings. The van der Waals surface area contributed by atoms with Crippen LogP contribution in [-0.2, 0) is 5.41 Å². The Kier molecular flexibility index (Phi) is 2.63. The molecule has 1 heterocycles. The molecule has 0 aliphatic heterocycles. The zero-order chi connectivity index (χ0) is 11.1. The van der Waals surface area contributed by atoms with Gasteiger partial charge in [0.25, 0.3) is 0 Å². The van der Waals surface area contributed by atoms with Gasteiger partial charge in [0.05, 0.1) is 6.10 Å². The van der Waals surface area contributed by atoms with E-state index >= 15 is 0 Å². The fraction of sp³-hybridized carbons (Fsp3) is 0.583. The second kappa shape index (κ2) is 3.67. The third-order valence-electron chi connectivity index (χ3n) is 2.47. The molecule has 1 aliphatic carbocycles. The number of hydrogen-bond acceptors (Lipinski definition) is 2. The molecule has 0 atom stereocenters. The number of hydrogen-bond donors (Lipinski definition) is 0. The fourth-order valence-corrected chi connectivity index (χ4v) is 1.63. The zero-order valence-electron chi connectivity index (χ0n) is 9.38. The summed E-state index contributed by atoms with van der Waals surface area (Å²) in [5.74, 6) is 0.821. The standard InChI is InChI=1S/C12H16ClNO/c1-12(2,3)9-6-14-7-10(13)11(9)15-8-4-5-8/h6-8H,4-5H2,1-3H3. The Balaban J connectivity index is 2.38. The predicted molar refractivity (Wildman–Crippen MR) is 61.6 cm³/mol. The van der Waals surface area contributed by atoms with Gasteiger partial charge in [0.2, 0.25) is 0 Å². The molecule has 0 aromatic carbocycles. The minimum absolute atomic E-state index is 0.0160. The topological polar surface area (TPSA) is 22.1 Å². The van der Waals surface area contributed by atoms with Crippen molar-refractivity contribution in [2.75, 3.05) is 0 Å². The Morgan fingerprint density at radius 3 is 2.53 bits per heavy atom. The van der Waals surface area contributed by atoms with Crippen molar-refractivity contribution in [1.82, 2.24) is 4.98 Å². The van der Waals surface area contributed by atoms with Crippen LogP contribution in [0, 0.1) is 0 Å². The van der Waals surface area contributed by atoms with E-state index in [1.54, 1.807) is 6.20 Å². The maximum atomic E-state index is 6.12. The van der Waals surface area contributed by atoms with E-state index < -0.39 is 0 Å². The molecule has 15 heavy (non-hydrogen) atoms. The summed E-state index contributed by atoms with van der Waals surface area (Å²) in [6.07, 6.45) is 6.15. The molecular weight excluding hydrogens is 210 g/mol. The van der Waals surface area contributed by atoms with Gasteiger partial charge in [-0.25, -0.2) is 0 Å². The maximum absolute atomic E-state index is 6.12. The van der Waals surface area contributed by atoms with E-state index in [2.05, 4.69) is 25.8 Å². The van der Waals surface area contributed by atoms with Crippen molar-refractivity contribution in [3.05, 3.63) is 23.0 Å². The molecule has 82 valence electrons. The summed E-state index contributed by atoms with van der Waals surface area (Å²) in [4.78, 5) is 4.13. The summed E-state index contributed by atoms with van der Waals surface area (Å²) in [7, 11) is 0. The first kappa shape index (κ1) is 10.7. The number of ether oxygens (including phenoxy) is 1. The number of aromatic nitrogens is 1. The predicted octanol–water partition coefficient (Wildman–Crippen LogP) is 3.57. The average Bonchev–Trinajstić information content (AvgIpc) is 2.90. The van der Waals surface area contributed by atoms with Crippen LogP contribution in [0.1, 0.15) is 39.2 Å². The summed E-state index contributed by atoms with van der Waals surface area (Å²) < 4.78 is 5.84. The van der Waals surface area contributed by atoms with Gasteiger partial charge in [-0.15, -0.1) is 0 Å². The highest BCUT2D eigenvalue weighted by Gasteiger charge is 2.28. The Hall–Kier alpha value is -0.760. The van der Waals surface area contributed by atoms with Gasteiger partial charge < -0.3 is 4.74 Å². The van der Waals surface area contributed by atoms with Crippen molar-refractivity contribution in [2.24, 2.45) is 0 Å². The van der Waals surface area contributed by atoms with Crippen LogP contribution in [0.4, 0.5) is 0 Å². The highest BCUT2D eigenvalue weighted by Crippen LogP contribution is 2.39. The number of rotatable bonds is 2. The minimum atomic E-state index is 0.0160. The third-order valence-corrected chi connectivity index (χ3v) is 2.74. The number of nitrogens with zero attached hydrogens (tertiary/aromatic N) is 1. The van der Waals surface area contributed by atoms with Gasteiger partial charge in [0.15, 0.2) is 0 Å². The van der Waals surface area contributed by atoms with E-state index in [9.17, 15) is 0 Å². The molecule has 2 rings (SSSR count). The van der Waals surface area contributed by atoms with Crippen LogP contribution < -0.4 is 4.74 Å². The second-order valence-corrected chi connectivity index (χ2v) is 5.47. The lowest BCUT2D eigenvalue weighted by atomic mass is 9.87. The summed E-state index contributed by atoms with van der Waals surface area (Å²) in [5.41, 5.74) is 1.10. The fourth-order valence-electron chi connectivity index (χ4n) is 1.43. The molecule has 1 fully saturated rings. The molecule has 0 spiro atoms. The van der Waals surface area contributed by atoms with Crippen molar-refractivity contribution in [3.63, 3.8) is 0 Å². The van der Waals surface area contributed by atoms with Gasteiger partial charge >= 0.3 is 0 Å². The van der Waals surface area contributed by atoms with Crippen LogP contribution in [0.3, 0.4) is 0 Å². The molecular formula is C12H16ClNO. The van der Waals surface area contributed by atoms with Crippen LogP contribution in [0.2, 0.25) is 5.02 Å². The molecule has 0 bridgehead atoms. The number of pyridine rings is 1. The van der Waals surface area contributed by atoms with Crippen molar-refractivity contribution < 1.29 is 4.74 Å². The largest absolute Gasteiger partial charge is 0.488 e. The van der Waals surface area contributed by atoms with E-state index in [-0.39, 0.29) is 5.41 Å². The SMILES string of the molecule is CC(C)(C)c1cncc(Cl)c1OC1CC1. The second-order valence-electron chi connectivity index (χ2n) is 5.07. The Labute approximate surface area is 95.6 Å². The lowest BCUT2D eigenvalue weighted by Crippen LogP contribution is -2.14. The molecule has 0 radical (unpaired) electrons. The summed E-state index contributed by atoms with van der Waals surface area (Å²) in [5, 5.41) is 0.620. The van der Waals surface area contributed by atoms with Crippen molar-refractivity contribution in [3.8, 4) is 5.75 Å². The first-order valence-electron chi connectivity index (χ1n) is 5.29. The van der Waals surface area contributed by atoms with Gasteiger partial charge in [-0.05, 0) is 18.3 Å². The van der Waals surface area contributed by atoms with Crippen LogP contribution >= 0.6 is 11.6 Å². The lowest BCUT2D eigenvalue weighted by molar-refractivity contribution is 0.294. The quantitative estimate of drug-likeness (QED) is 0.768. The molecule has 0 N–H and O–H groups in total. The van der Waals surface area contributed by atoms with Crippen LogP contribution in [-0.4, -0.2) is 11.1 Å². The van der Waals surface area contributed by atoms with E-state index in [1.807, 2.05) is 6.20 Å². The average molecular weight is 226 g/mol. The van der Waals surface area contributed by atoms with Gasteiger partial charge in [0.1, 0.15) is 10.8 Å². The van der Waals surface area contributed by atoms with Gasteiger partial charge in [-0.3, -0.25) is 4.98 Å². The highest BCUT2D eigenvalue weighted by atomic mass is 35.5. The van der Waals surface area contributed by atoms with E-state index in [1.165, 1.54) is 0 Å². The van der Waals surface area contributed by atoms with Crippen LogP contribution in [0.25, 0.3) is 0 Å². The van der Waals surface area contributed by atoms with Crippen molar-refractivity contribution in [2.45, 2.75) is 45.1 Å². The van der Waals surface area contributed by atoms with Crippen molar-refractivity contribution >= 4 is 11.6 Å². The molecule has 1 aromatic heterocycles. The molecule has 0 amide bonds. The Morgan fingerprint density at radius 1 is 1.33 bits per heavy atom. The van der Waals surface area contributed by atoms with Gasteiger partial charge in [-0.2, -0.15) is 0 Å². The van der Waals surface area contributed by atoms with Crippen molar-refractivity contribution in [1.29, 1.82) is 0 Å². The summed E-state index contributed by atoms with van der Waals surface area (Å²) >= 11 is 6.12. The van der Waals surface area contributed by atoms with Crippen LogP contribution in [0.15, 0.2) is 12.4 Å². The molecule has 1 aromatic rings. The molecule has 0 unspecified atom stereocenters. The molecule has 3 heteroatoms. The molecule has 1 saturated carbocycles. The number of halogens is 1. The van der Waals surface area contributed by atoms with E-state index in [0.717, 1.165) is 24.2 Å². The lowest BCUT2D eigenvalue weighted by Gasteiger charge is -2.22. The van der Waals surface area contributed by atoms with E-state index in [4.69, 9.17) is 16.3 Å². The highest BCUT2D eigenvalue weighted by molar-refractivity contribution is 6.32. The summed E-state index contributed by atoms with van der Waals surface area (Å²) in [6.45, 7) is 6.42. The Bertz CT molecular complexity index is 366. The zero-order valence-corrected chi connectivity index (χ0v) is 10.1. The van der Waals surface area contributed by atoms with Gasteiger partial charge in [-0.1, -0.05) is 32.4 Å². The van der Waals surface area contributed by atoms with E-state index in [0.29, 0.717) is 11.1 Å². The molecule has 2 nitrogen and oxygen atoms in total.